The van der Waals surface area contributed by atoms with Gasteiger partial charge in [0.05, 0.1) is 15.1 Å². The van der Waals surface area contributed by atoms with Crippen LogP contribution < -0.4 is 10.6 Å². The van der Waals surface area contributed by atoms with E-state index >= 15 is 0 Å². The Bertz CT molecular complexity index is 729. The van der Waals surface area contributed by atoms with E-state index in [1.54, 1.807) is 43.3 Å². The van der Waals surface area contributed by atoms with Gasteiger partial charge in [0.15, 0.2) is 5.11 Å². The average molecular weight is 400 g/mol. The van der Waals surface area contributed by atoms with E-state index < -0.39 is 5.91 Å². The smallest absolute Gasteiger partial charge is 0.258 e. The van der Waals surface area contributed by atoms with E-state index in [4.69, 9.17) is 23.8 Å². The molecule has 0 heterocycles. The molecule has 0 bridgehead atoms. The molecule has 0 atom stereocenters. The summed E-state index contributed by atoms with van der Waals surface area (Å²) in [5.74, 6) is -0.228. The lowest BCUT2D eigenvalue weighted by molar-refractivity contribution is 0.0978. The second kappa shape index (κ2) is 7.09. The van der Waals surface area contributed by atoms with Gasteiger partial charge >= 0.3 is 0 Å². The Hall–Kier alpha value is -1.63. The first kappa shape index (κ1) is 16.7. The van der Waals surface area contributed by atoms with Gasteiger partial charge in [0.1, 0.15) is 5.75 Å². The number of benzene rings is 2. The second-order valence-electron chi connectivity index (χ2n) is 4.51. The molecule has 0 fully saturated rings. The van der Waals surface area contributed by atoms with E-state index in [0.717, 1.165) is 0 Å². The highest BCUT2D eigenvalue weighted by Crippen LogP contribution is 2.30. The van der Waals surface area contributed by atoms with E-state index in [9.17, 15) is 9.90 Å². The third-order valence-electron chi connectivity index (χ3n) is 2.86. The Morgan fingerprint density at radius 1 is 1.32 bits per heavy atom. The van der Waals surface area contributed by atoms with Crippen molar-refractivity contribution in [2.75, 3.05) is 5.32 Å². The quantitative estimate of drug-likeness (QED) is 0.522. The maximum Gasteiger partial charge on any atom is 0.258 e. The van der Waals surface area contributed by atoms with Crippen LogP contribution in [0, 0.1) is 6.92 Å². The number of amides is 1. The number of aryl methyl sites for hydroxylation is 1. The van der Waals surface area contributed by atoms with E-state index in [1.807, 2.05) is 0 Å². The summed E-state index contributed by atoms with van der Waals surface area (Å²) in [6, 6.07) is 10.1. The molecule has 0 unspecified atom stereocenters. The second-order valence-corrected chi connectivity index (χ2v) is 6.18. The Balaban J connectivity index is 2.08. The number of thiocarbonyl (C=S) groups is 1. The third-order valence-corrected chi connectivity index (χ3v) is 4.00. The molecule has 0 aromatic heterocycles. The minimum atomic E-state index is -0.391. The highest BCUT2D eigenvalue weighted by atomic mass is 79.9. The van der Waals surface area contributed by atoms with Crippen LogP contribution in [0.5, 0.6) is 5.75 Å². The number of phenolic OH excluding ortho intramolecular Hbond substituents is 1. The number of halogens is 2. The van der Waals surface area contributed by atoms with Crippen LogP contribution in [-0.4, -0.2) is 16.1 Å². The molecular formula is C15H12BrClN2O2S. The molecule has 2 aromatic carbocycles. The highest BCUT2D eigenvalue weighted by Gasteiger charge is 2.12. The Morgan fingerprint density at radius 3 is 2.64 bits per heavy atom. The van der Waals surface area contributed by atoms with Crippen molar-refractivity contribution >= 4 is 56.5 Å². The van der Waals surface area contributed by atoms with Crippen LogP contribution >= 0.6 is 39.7 Å². The zero-order chi connectivity index (χ0) is 16.3. The van der Waals surface area contributed by atoms with Gasteiger partial charge in [-0.25, -0.2) is 0 Å². The van der Waals surface area contributed by atoms with Crippen molar-refractivity contribution < 1.29 is 9.90 Å². The zero-order valence-electron chi connectivity index (χ0n) is 11.5. The summed E-state index contributed by atoms with van der Waals surface area (Å²) in [6.07, 6.45) is 0. The van der Waals surface area contributed by atoms with E-state index in [1.165, 1.54) is 0 Å². The van der Waals surface area contributed by atoms with Gasteiger partial charge in [0.2, 0.25) is 0 Å². The molecule has 3 N–H and O–H groups in total. The first-order valence-corrected chi connectivity index (χ1v) is 7.82. The average Bonchev–Trinajstić information content (AvgIpc) is 2.44. The molecule has 22 heavy (non-hydrogen) atoms. The van der Waals surface area contributed by atoms with Crippen LogP contribution in [0.1, 0.15) is 15.9 Å². The summed E-state index contributed by atoms with van der Waals surface area (Å²) >= 11 is 14.3. The van der Waals surface area contributed by atoms with E-state index in [2.05, 4.69) is 26.6 Å². The Labute approximate surface area is 146 Å². The Morgan fingerprint density at radius 2 is 2.00 bits per heavy atom. The first-order chi connectivity index (χ1) is 10.4. The van der Waals surface area contributed by atoms with Gasteiger partial charge in [-0.3, -0.25) is 10.1 Å². The number of nitrogens with one attached hydrogen (secondary N) is 2. The summed E-state index contributed by atoms with van der Waals surface area (Å²) in [5, 5.41) is 15.6. The number of carbonyl (C=O) groups is 1. The lowest BCUT2D eigenvalue weighted by atomic mass is 10.2. The molecule has 0 aliphatic carbocycles. The van der Waals surface area contributed by atoms with Gasteiger partial charge in [-0.05, 0) is 64.9 Å². The Kier molecular flexibility index (Phi) is 5.39. The van der Waals surface area contributed by atoms with Crippen LogP contribution in [0.3, 0.4) is 0 Å². The summed E-state index contributed by atoms with van der Waals surface area (Å²) in [4.78, 5) is 12.1. The highest BCUT2D eigenvalue weighted by molar-refractivity contribution is 9.10. The van der Waals surface area contributed by atoms with Crippen LogP contribution in [0.25, 0.3) is 0 Å². The number of hydrogen-bond acceptors (Lipinski definition) is 3. The standard InChI is InChI=1S/C15H12BrClN2O2S/c1-8-6-9(7-11(16)13(8)20)18-15(22)19-14(21)10-4-2-3-5-12(10)17/h2-7,20H,1H3,(H2,18,19,21,22). The van der Waals surface area contributed by atoms with Crippen molar-refractivity contribution in [3.63, 3.8) is 0 Å². The largest absolute Gasteiger partial charge is 0.506 e. The number of hydrogen-bond donors (Lipinski definition) is 3. The molecule has 1 amide bonds. The normalized spacial score (nSPS) is 10.1. The van der Waals surface area contributed by atoms with Crippen molar-refractivity contribution in [2.24, 2.45) is 0 Å². The van der Waals surface area contributed by atoms with Crippen molar-refractivity contribution in [3.05, 3.63) is 57.0 Å². The van der Waals surface area contributed by atoms with Crippen LogP contribution in [-0.2, 0) is 0 Å². The molecule has 2 rings (SSSR count). The molecule has 2 aromatic rings. The fourth-order valence-corrected chi connectivity index (χ4v) is 2.78. The van der Waals surface area contributed by atoms with Gasteiger partial charge in [-0.2, -0.15) is 0 Å². The van der Waals surface area contributed by atoms with Crippen molar-refractivity contribution in [3.8, 4) is 5.75 Å². The molecular weight excluding hydrogens is 388 g/mol. The maximum absolute atomic E-state index is 12.1. The summed E-state index contributed by atoms with van der Waals surface area (Å²) in [5.41, 5.74) is 1.67. The lowest BCUT2D eigenvalue weighted by Gasteiger charge is -2.12. The SMILES string of the molecule is Cc1cc(NC(=S)NC(=O)c2ccccc2Cl)cc(Br)c1O. The van der Waals surface area contributed by atoms with Gasteiger partial charge in [-0.1, -0.05) is 23.7 Å². The molecule has 4 nitrogen and oxygen atoms in total. The summed E-state index contributed by atoms with van der Waals surface area (Å²) in [7, 11) is 0. The minimum Gasteiger partial charge on any atom is -0.506 e. The van der Waals surface area contributed by atoms with Gasteiger partial charge < -0.3 is 10.4 Å². The maximum atomic E-state index is 12.1. The van der Waals surface area contributed by atoms with Gasteiger partial charge in [0, 0.05) is 5.69 Å². The number of phenols is 1. The van der Waals surface area contributed by atoms with E-state index in [0.29, 0.717) is 26.3 Å². The predicted molar refractivity (Wildman–Crippen MR) is 95.7 cm³/mol. The van der Waals surface area contributed by atoms with Crippen LogP contribution in [0.15, 0.2) is 40.9 Å². The number of aromatic hydroxyl groups is 1. The zero-order valence-corrected chi connectivity index (χ0v) is 14.6. The van der Waals surface area contributed by atoms with E-state index in [-0.39, 0.29) is 10.9 Å². The fraction of sp³-hybridized carbons (Fsp3) is 0.0667. The van der Waals surface area contributed by atoms with Crippen LogP contribution in [0.4, 0.5) is 5.69 Å². The molecule has 0 aliphatic rings. The monoisotopic (exact) mass is 398 g/mol. The van der Waals surface area contributed by atoms with Gasteiger partial charge in [0.25, 0.3) is 5.91 Å². The number of carbonyl (C=O) groups excluding carboxylic acids is 1. The number of rotatable bonds is 2. The molecule has 114 valence electrons. The summed E-state index contributed by atoms with van der Waals surface area (Å²) in [6.45, 7) is 1.76. The van der Waals surface area contributed by atoms with Crippen LogP contribution in [0.2, 0.25) is 5.02 Å². The van der Waals surface area contributed by atoms with Gasteiger partial charge in [-0.15, -0.1) is 0 Å². The minimum absolute atomic E-state index is 0.141. The summed E-state index contributed by atoms with van der Waals surface area (Å²) < 4.78 is 0.537. The van der Waals surface area contributed by atoms with Crippen molar-refractivity contribution in [1.82, 2.24) is 5.32 Å². The molecule has 0 aliphatic heterocycles. The molecule has 0 saturated heterocycles. The first-order valence-electron chi connectivity index (χ1n) is 6.24. The molecule has 7 heteroatoms. The lowest BCUT2D eigenvalue weighted by Crippen LogP contribution is -2.34. The topological polar surface area (TPSA) is 61.4 Å². The van der Waals surface area contributed by atoms with Crippen molar-refractivity contribution in [2.45, 2.75) is 6.92 Å². The molecule has 0 saturated carbocycles. The third kappa shape index (κ3) is 3.97. The van der Waals surface area contributed by atoms with Crippen molar-refractivity contribution in [1.29, 1.82) is 0 Å². The molecule has 0 radical (unpaired) electrons. The number of anilines is 1. The molecule has 0 spiro atoms. The fourth-order valence-electron chi connectivity index (χ4n) is 1.79. The predicted octanol–water partition coefficient (Wildman–Crippen LogP) is 4.24.